The van der Waals surface area contributed by atoms with Gasteiger partial charge in [0.15, 0.2) is 0 Å². The van der Waals surface area contributed by atoms with Crippen LogP contribution in [0.2, 0.25) is 0 Å². The number of aromatic carboxylic acids is 1. The summed E-state index contributed by atoms with van der Waals surface area (Å²) in [7, 11) is 0. The summed E-state index contributed by atoms with van der Waals surface area (Å²) >= 11 is 0. The molecule has 2 aromatic rings. The average Bonchev–Trinajstić information content (AvgIpc) is 3.03. The van der Waals surface area contributed by atoms with Crippen molar-refractivity contribution in [2.75, 3.05) is 6.61 Å². The number of imidazole rings is 1. The van der Waals surface area contributed by atoms with Crippen LogP contribution in [0, 0.1) is 0 Å². The van der Waals surface area contributed by atoms with E-state index in [9.17, 15) is 9.59 Å². The lowest BCUT2D eigenvalue weighted by Gasteiger charge is -2.20. The normalized spacial score (nSPS) is 20.4. The molecule has 1 saturated heterocycles. The van der Waals surface area contributed by atoms with Crippen molar-refractivity contribution in [2.24, 2.45) is 0 Å². The van der Waals surface area contributed by atoms with Crippen LogP contribution in [0.4, 0.5) is 0 Å². The molecule has 2 unspecified atom stereocenters. The number of benzene rings is 1. The Hall–Kier alpha value is -2.08. The third-order valence-corrected chi connectivity index (χ3v) is 3.87. The first-order valence-corrected chi connectivity index (χ1v) is 6.67. The molecule has 1 aliphatic rings. The number of carboxylic acids is 1. The van der Waals surface area contributed by atoms with Crippen molar-refractivity contribution < 1.29 is 14.6 Å². The van der Waals surface area contributed by atoms with Gasteiger partial charge in [-0.2, -0.15) is 0 Å². The first kappa shape index (κ1) is 12.9. The average molecular weight is 276 g/mol. The monoisotopic (exact) mass is 276 g/mol. The van der Waals surface area contributed by atoms with Crippen LogP contribution in [-0.4, -0.2) is 33.3 Å². The molecule has 6 nitrogen and oxygen atoms in total. The Balaban J connectivity index is 2.13. The van der Waals surface area contributed by atoms with Gasteiger partial charge in [-0.15, -0.1) is 0 Å². The van der Waals surface area contributed by atoms with Crippen LogP contribution in [0.5, 0.6) is 0 Å². The van der Waals surface area contributed by atoms with Gasteiger partial charge in [-0.25, -0.2) is 9.59 Å². The van der Waals surface area contributed by atoms with Gasteiger partial charge in [0.2, 0.25) is 0 Å². The summed E-state index contributed by atoms with van der Waals surface area (Å²) in [5.41, 5.74) is 1.19. The first-order chi connectivity index (χ1) is 9.58. The Morgan fingerprint density at radius 2 is 2.35 bits per heavy atom. The van der Waals surface area contributed by atoms with Crippen LogP contribution in [0.1, 0.15) is 36.2 Å². The molecular formula is C14H16N2O4. The smallest absolute Gasteiger partial charge is 0.335 e. The summed E-state index contributed by atoms with van der Waals surface area (Å²) < 4.78 is 7.23. The zero-order chi connectivity index (χ0) is 14.3. The standard InChI is InChI=1S/C14H16N2O4/c1-8(12-3-2-6-20-12)16-11-7-9(13(17)18)4-5-10(11)15-14(16)19/h4-5,7-8,12H,2-3,6H2,1H3,(H,15,19)(H,17,18). The number of hydrogen-bond acceptors (Lipinski definition) is 3. The Morgan fingerprint density at radius 1 is 1.55 bits per heavy atom. The molecule has 0 saturated carbocycles. The van der Waals surface area contributed by atoms with E-state index >= 15 is 0 Å². The lowest BCUT2D eigenvalue weighted by atomic mass is 10.1. The summed E-state index contributed by atoms with van der Waals surface area (Å²) in [6, 6.07) is 4.52. The number of rotatable bonds is 3. The van der Waals surface area contributed by atoms with Crippen LogP contribution >= 0.6 is 0 Å². The van der Waals surface area contributed by atoms with Gasteiger partial charge in [0, 0.05) is 6.61 Å². The molecule has 6 heteroatoms. The molecule has 3 rings (SSSR count). The molecule has 2 N–H and O–H groups in total. The van der Waals surface area contributed by atoms with E-state index in [-0.39, 0.29) is 23.4 Å². The van der Waals surface area contributed by atoms with Crippen LogP contribution in [-0.2, 0) is 4.74 Å². The molecular weight excluding hydrogens is 260 g/mol. The summed E-state index contributed by atoms with van der Waals surface area (Å²) in [6.07, 6.45) is 1.91. The van der Waals surface area contributed by atoms with E-state index < -0.39 is 5.97 Å². The maximum absolute atomic E-state index is 12.1. The van der Waals surface area contributed by atoms with Crippen molar-refractivity contribution in [1.29, 1.82) is 0 Å². The lowest BCUT2D eigenvalue weighted by molar-refractivity contribution is 0.0697. The second-order valence-electron chi connectivity index (χ2n) is 5.13. The minimum atomic E-state index is -1.00. The van der Waals surface area contributed by atoms with E-state index in [1.165, 1.54) is 12.1 Å². The van der Waals surface area contributed by atoms with E-state index in [0.29, 0.717) is 17.6 Å². The predicted octanol–water partition coefficient (Wildman–Crippen LogP) is 1.77. The van der Waals surface area contributed by atoms with Crippen LogP contribution in [0.3, 0.4) is 0 Å². The molecule has 20 heavy (non-hydrogen) atoms. The Kier molecular flexibility index (Phi) is 3.10. The van der Waals surface area contributed by atoms with Crippen LogP contribution in [0.25, 0.3) is 11.0 Å². The molecule has 1 aromatic heterocycles. The largest absolute Gasteiger partial charge is 0.478 e. The number of ether oxygens (including phenoxy) is 1. The van der Waals surface area contributed by atoms with Crippen molar-refractivity contribution in [2.45, 2.75) is 31.9 Å². The van der Waals surface area contributed by atoms with Crippen molar-refractivity contribution >= 4 is 17.0 Å². The third kappa shape index (κ3) is 2.02. The van der Waals surface area contributed by atoms with Crippen LogP contribution < -0.4 is 5.69 Å². The summed E-state index contributed by atoms with van der Waals surface area (Å²) in [5, 5.41) is 9.07. The fourth-order valence-electron chi connectivity index (χ4n) is 2.81. The fraction of sp³-hybridized carbons (Fsp3) is 0.429. The van der Waals surface area contributed by atoms with Gasteiger partial charge in [0.05, 0.1) is 28.7 Å². The van der Waals surface area contributed by atoms with E-state index in [1.54, 1.807) is 10.6 Å². The maximum atomic E-state index is 12.1. The molecule has 1 fully saturated rings. The molecule has 2 atom stereocenters. The van der Waals surface area contributed by atoms with Crippen molar-refractivity contribution in [1.82, 2.24) is 9.55 Å². The Morgan fingerprint density at radius 3 is 3.00 bits per heavy atom. The molecule has 0 bridgehead atoms. The molecule has 0 amide bonds. The summed E-state index contributed by atoms with van der Waals surface area (Å²) in [6.45, 7) is 2.64. The summed E-state index contributed by atoms with van der Waals surface area (Å²) in [5.74, 6) is -1.00. The number of carbonyl (C=O) groups is 1. The summed E-state index contributed by atoms with van der Waals surface area (Å²) in [4.78, 5) is 25.9. The van der Waals surface area contributed by atoms with E-state index in [0.717, 1.165) is 12.8 Å². The third-order valence-electron chi connectivity index (χ3n) is 3.87. The van der Waals surface area contributed by atoms with Crippen molar-refractivity contribution in [3.8, 4) is 0 Å². The molecule has 0 spiro atoms. The molecule has 106 valence electrons. The van der Waals surface area contributed by atoms with Gasteiger partial charge in [-0.05, 0) is 38.0 Å². The number of aromatic amines is 1. The zero-order valence-electron chi connectivity index (χ0n) is 11.1. The molecule has 2 heterocycles. The number of aromatic nitrogens is 2. The minimum Gasteiger partial charge on any atom is -0.478 e. The van der Waals surface area contributed by atoms with E-state index in [2.05, 4.69) is 4.98 Å². The number of carboxylic acid groups (broad SMARTS) is 1. The number of nitrogens with one attached hydrogen (secondary N) is 1. The van der Waals surface area contributed by atoms with Gasteiger partial charge < -0.3 is 14.8 Å². The highest BCUT2D eigenvalue weighted by Crippen LogP contribution is 2.26. The minimum absolute atomic E-state index is 0.000171. The van der Waals surface area contributed by atoms with Gasteiger partial charge >= 0.3 is 11.7 Å². The second kappa shape index (κ2) is 4.79. The van der Waals surface area contributed by atoms with E-state index in [4.69, 9.17) is 9.84 Å². The number of nitrogens with zero attached hydrogens (tertiary/aromatic N) is 1. The number of fused-ring (bicyclic) bond motifs is 1. The first-order valence-electron chi connectivity index (χ1n) is 6.67. The van der Waals surface area contributed by atoms with Crippen molar-refractivity contribution in [3.05, 3.63) is 34.2 Å². The SMILES string of the molecule is CC(C1CCCO1)n1c(=O)[nH]c2ccc(C(=O)O)cc21. The highest BCUT2D eigenvalue weighted by molar-refractivity contribution is 5.92. The lowest BCUT2D eigenvalue weighted by Crippen LogP contribution is -2.28. The number of H-pyrrole nitrogens is 1. The highest BCUT2D eigenvalue weighted by Gasteiger charge is 2.26. The van der Waals surface area contributed by atoms with Gasteiger partial charge in [-0.1, -0.05) is 0 Å². The molecule has 0 aliphatic carbocycles. The van der Waals surface area contributed by atoms with E-state index in [1.807, 2.05) is 6.92 Å². The van der Waals surface area contributed by atoms with Crippen LogP contribution in [0.15, 0.2) is 23.0 Å². The fourth-order valence-corrected chi connectivity index (χ4v) is 2.81. The van der Waals surface area contributed by atoms with Crippen molar-refractivity contribution in [3.63, 3.8) is 0 Å². The highest BCUT2D eigenvalue weighted by atomic mass is 16.5. The maximum Gasteiger partial charge on any atom is 0.335 e. The molecule has 0 radical (unpaired) electrons. The Labute approximate surface area is 115 Å². The quantitative estimate of drug-likeness (QED) is 0.894. The van der Waals surface area contributed by atoms with Gasteiger partial charge in [-0.3, -0.25) is 4.57 Å². The topological polar surface area (TPSA) is 84.3 Å². The predicted molar refractivity (Wildman–Crippen MR) is 73.2 cm³/mol. The Bertz CT molecular complexity index is 710. The molecule has 1 aromatic carbocycles. The zero-order valence-corrected chi connectivity index (χ0v) is 11.1. The number of hydrogen-bond donors (Lipinski definition) is 2. The van der Waals surface area contributed by atoms with Gasteiger partial charge in [0.1, 0.15) is 0 Å². The van der Waals surface area contributed by atoms with Gasteiger partial charge in [0.25, 0.3) is 0 Å². The molecule has 1 aliphatic heterocycles. The second-order valence-corrected chi connectivity index (χ2v) is 5.13.